The Bertz CT molecular complexity index is 209. The van der Waals surface area contributed by atoms with Crippen LogP contribution in [0.3, 0.4) is 0 Å². The van der Waals surface area contributed by atoms with Crippen molar-refractivity contribution in [1.82, 2.24) is 0 Å². The highest BCUT2D eigenvalue weighted by Crippen LogP contribution is 2.07. The van der Waals surface area contributed by atoms with Crippen LogP contribution in [0.25, 0.3) is 0 Å². The number of Topliss-reactive ketones (excluding diaryl/α,β-unsaturated/α-hetero) is 1. The Kier molecular flexibility index (Phi) is 5.72. The van der Waals surface area contributed by atoms with E-state index in [0.717, 1.165) is 12.8 Å². The van der Waals surface area contributed by atoms with Crippen LogP contribution in [-0.2, 0) is 4.79 Å². The second-order valence-electron chi connectivity index (χ2n) is 2.57. The third kappa shape index (κ3) is 5.13. The Morgan fingerprint density at radius 1 is 1.67 bits per heavy atom. The molecule has 0 aliphatic heterocycles. The van der Waals surface area contributed by atoms with E-state index in [1.165, 1.54) is 6.08 Å². The topological polar surface area (TPSA) is 43.1 Å². The van der Waals surface area contributed by atoms with Crippen LogP contribution in [0.15, 0.2) is 22.8 Å². The summed E-state index contributed by atoms with van der Waals surface area (Å²) in [6.07, 6.45) is 3.97. The second kappa shape index (κ2) is 6.00. The zero-order valence-corrected chi connectivity index (χ0v) is 8.86. The fourth-order valence-electron chi connectivity index (χ4n) is 0.731. The molecule has 0 aliphatic rings. The highest BCUT2D eigenvalue weighted by molar-refractivity contribution is 9.11. The molecule has 0 aromatic heterocycles. The lowest BCUT2D eigenvalue weighted by molar-refractivity contribution is -0.115. The van der Waals surface area contributed by atoms with Crippen molar-refractivity contribution in [3.63, 3.8) is 0 Å². The average Bonchev–Trinajstić information content (AvgIpc) is 1.98. The Morgan fingerprint density at radius 3 is 2.67 bits per heavy atom. The predicted octanol–water partition coefficient (Wildman–Crippen LogP) is 2.50. The molecule has 12 heavy (non-hydrogen) atoms. The van der Waals surface area contributed by atoms with Crippen molar-refractivity contribution in [2.45, 2.75) is 26.2 Å². The van der Waals surface area contributed by atoms with Gasteiger partial charge < -0.3 is 5.73 Å². The molecule has 2 N–H and O–H groups in total. The monoisotopic (exact) mass is 231 g/mol. The van der Waals surface area contributed by atoms with Crippen molar-refractivity contribution in [3.05, 3.63) is 22.8 Å². The summed E-state index contributed by atoms with van der Waals surface area (Å²) in [6.45, 7) is 5.60. The third-order valence-corrected chi connectivity index (χ3v) is 1.62. The molecule has 68 valence electrons. The van der Waals surface area contributed by atoms with Crippen LogP contribution in [0, 0.1) is 0 Å². The van der Waals surface area contributed by atoms with E-state index in [4.69, 9.17) is 5.73 Å². The van der Waals surface area contributed by atoms with Gasteiger partial charge in [-0.3, -0.25) is 4.79 Å². The minimum atomic E-state index is -0.00236. The van der Waals surface area contributed by atoms with E-state index in [-0.39, 0.29) is 11.5 Å². The summed E-state index contributed by atoms with van der Waals surface area (Å²) >= 11 is 3.11. The molecule has 0 aliphatic carbocycles. The van der Waals surface area contributed by atoms with E-state index in [2.05, 4.69) is 22.5 Å². The summed E-state index contributed by atoms with van der Waals surface area (Å²) in [5.41, 5.74) is 5.76. The normalized spacial score (nSPS) is 11.3. The molecule has 0 radical (unpaired) electrons. The SMILES string of the molecule is C=C(Br)/C=C(\N)C(=O)CCCC. The van der Waals surface area contributed by atoms with Crippen molar-refractivity contribution in [1.29, 1.82) is 0 Å². The Labute approximate surface area is 81.6 Å². The van der Waals surface area contributed by atoms with E-state index in [1.807, 2.05) is 6.92 Å². The van der Waals surface area contributed by atoms with Gasteiger partial charge in [0.1, 0.15) is 0 Å². The Balaban J connectivity index is 4.01. The van der Waals surface area contributed by atoms with Crippen LogP contribution in [0.1, 0.15) is 26.2 Å². The van der Waals surface area contributed by atoms with Crippen molar-refractivity contribution < 1.29 is 4.79 Å². The van der Waals surface area contributed by atoms with Gasteiger partial charge in [0, 0.05) is 10.9 Å². The molecular weight excluding hydrogens is 218 g/mol. The fourth-order valence-corrected chi connectivity index (χ4v) is 0.978. The highest BCUT2D eigenvalue weighted by Gasteiger charge is 2.03. The second-order valence-corrected chi connectivity index (χ2v) is 3.59. The summed E-state index contributed by atoms with van der Waals surface area (Å²) in [7, 11) is 0. The number of halogens is 1. The van der Waals surface area contributed by atoms with Gasteiger partial charge in [-0.25, -0.2) is 0 Å². The van der Waals surface area contributed by atoms with E-state index >= 15 is 0 Å². The van der Waals surface area contributed by atoms with Crippen LogP contribution >= 0.6 is 15.9 Å². The van der Waals surface area contributed by atoms with Crippen molar-refractivity contribution in [2.75, 3.05) is 0 Å². The molecule has 0 amide bonds. The van der Waals surface area contributed by atoms with Gasteiger partial charge in [-0.15, -0.1) is 0 Å². The van der Waals surface area contributed by atoms with Crippen LogP contribution < -0.4 is 5.73 Å². The van der Waals surface area contributed by atoms with E-state index < -0.39 is 0 Å². The number of carbonyl (C=O) groups is 1. The van der Waals surface area contributed by atoms with Gasteiger partial charge in [0.15, 0.2) is 5.78 Å². The molecule has 0 atom stereocenters. The minimum Gasteiger partial charge on any atom is -0.396 e. The largest absolute Gasteiger partial charge is 0.396 e. The fraction of sp³-hybridized carbons (Fsp3) is 0.444. The van der Waals surface area contributed by atoms with Gasteiger partial charge in [-0.05, 0) is 12.5 Å². The lowest BCUT2D eigenvalue weighted by Gasteiger charge is -1.98. The first-order valence-corrected chi connectivity index (χ1v) is 4.72. The maximum atomic E-state index is 11.2. The smallest absolute Gasteiger partial charge is 0.178 e. The van der Waals surface area contributed by atoms with Gasteiger partial charge in [-0.2, -0.15) is 0 Å². The molecule has 0 aromatic rings. The molecule has 0 bridgehead atoms. The molecule has 0 fully saturated rings. The molecule has 2 nitrogen and oxygen atoms in total. The number of allylic oxidation sites excluding steroid dienone is 3. The van der Waals surface area contributed by atoms with Crippen LogP contribution in [0.2, 0.25) is 0 Å². The minimum absolute atomic E-state index is 0.00236. The van der Waals surface area contributed by atoms with Gasteiger partial charge >= 0.3 is 0 Å². The molecule has 0 aromatic carbocycles. The van der Waals surface area contributed by atoms with E-state index in [1.54, 1.807) is 0 Å². The number of nitrogens with two attached hydrogens (primary N) is 1. The number of unbranched alkanes of at least 4 members (excludes halogenated alkanes) is 1. The number of hydrogen-bond acceptors (Lipinski definition) is 2. The summed E-state index contributed by atoms with van der Waals surface area (Å²) in [5.74, 6) is -0.00236. The summed E-state index contributed by atoms with van der Waals surface area (Å²) in [6, 6.07) is 0. The molecule has 0 heterocycles. The van der Waals surface area contributed by atoms with E-state index in [0.29, 0.717) is 10.9 Å². The van der Waals surface area contributed by atoms with Crippen molar-refractivity contribution in [2.24, 2.45) is 5.73 Å². The molecule has 0 saturated carbocycles. The van der Waals surface area contributed by atoms with Gasteiger partial charge in [-0.1, -0.05) is 35.9 Å². The third-order valence-electron chi connectivity index (χ3n) is 1.39. The van der Waals surface area contributed by atoms with Gasteiger partial charge in [0.2, 0.25) is 0 Å². The first-order valence-electron chi connectivity index (χ1n) is 3.92. The lowest BCUT2D eigenvalue weighted by atomic mass is 10.1. The number of hydrogen-bond donors (Lipinski definition) is 1. The van der Waals surface area contributed by atoms with Crippen LogP contribution in [0.4, 0.5) is 0 Å². The summed E-state index contributed by atoms with van der Waals surface area (Å²) in [5, 5.41) is 0. The number of ketones is 1. The highest BCUT2D eigenvalue weighted by atomic mass is 79.9. The quantitative estimate of drug-likeness (QED) is 0.584. The maximum Gasteiger partial charge on any atom is 0.178 e. The number of carbonyl (C=O) groups excluding carboxylic acids is 1. The molecule has 0 unspecified atom stereocenters. The summed E-state index contributed by atoms with van der Waals surface area (Å²) in [4.78, 5) is 11.2. The van der Waals surface area contributed by atoms with Crippen LogP contribution in [0.5, 0.6) is 0 Å². The first kappa shape index (κ1) is 11.4. The first-order chi connectivity index (χ1) is 5.57. The molecule has 0 rings (SSSR count). The standard InChI is InChI=1S/C9H14BrNO/c1-3-4-5-9(12)8(11)6-7(2)10/h6H,2-5,11H2,1H3/b8-6-. The van der Waals surface area contributed by atoms with Crippen LogP contribution in [-0.4, -0.2) is 5.78 Å². The number of rotatable bonds is 5. The maximum absolute atomic E-state index is 11.2. The van der Waals surface area contributed by atoms with Crippen molar-refractivity contribution >= 4 is 21.7 Å². The Hall–Kier alpha value is -0.570. The summed E-state index contributed by atoms with van der Waals surface area (Å²) < 4.78 is 0.629. The molecule has 3 heteroatoms. The predicted molar refractivity (Wildman–Crippen MR) is 54.9 cm³/mol. The zero-order chi connectivity index (χ0) is 9.56. The average molecular weight is 232 g/mol. The van der Waals surface area contributed by atoms with E-state index in [9.17, 15) is 4.79 Å². The lowest BCUT2D eigenvalue weighted by Crippen LogP contribution is -2.10. The van der Waals surface area contributed by atoms with Gasteiger partial charge in [0.25, 0.3) is 0 Å². The zero-order valence-electron chi connectivity index (χ0n) is 7.27. The van der Waals surface area contributed by atoms with Crippen molar-refractivity contribution in [3.8, 4) is 0 Å². The molecule has 0 spiro atoms. The van der Waals surface area contributed by atoms with Gasteiger partial charge in [0.05, 0.1) is 5.70 Å². The molecular formula is C9H14BrNO. The molecule has 0 saturated heterocycles. The Morgan fingerprint density at radius 2 is 2.25 bits per heavy atom.